The van der Waals surface area contributed by atoms with Gasteiger partial charge in [0.15, 0.2) is 6.04 Å². The average molecular weight is 358 g/mol. The molecule has 26 heavy (non-hydrogen) atoms. The predicted octanol–water partition coefficient (Wildman–Crippen LogP) is 1.16. The first-order valence-electron chi connectivity index (χ1n) is 8.58. The minimum atomic E-state index is -1.28. The Morgan fingerprint density at radius 1 is 1.31 bits per heavy atom. The van der Waals surface area contributed by atoms with E-state index in [-0.39, 0.29) is 5.56 Å². The molecule has 0 saturated carbocycles. The highest BCUT2D eigenvalue weighted by Crippen LogP contribution is 2.22. The first-order valence-corrected chi connectivity index (χ1v) is 8.58. The number of aryl methyl sites for hydroxylation is 3. The number of fused-ring (bicyclic) bond motifs is 1. The number of hydrogen-bond donors (Lipinski definition) is 3. The number of nitrogens with one attached hydrogen (secondary N) is 2. The van der Waals surface area contributed by atoms with Crippen molar-refractivity contribution in [1.82, 2.24) is 20.1 Å². The lowest BCUT2D eigenvalue weighted by Crippen LogP contribution is -2.39. The van der Waals surface area contributed by atoms with Gasteiger partial charge in [-0.05, 0) is 51.2 Å². The van der Waals surface area contributed by atoms with Crippen LogP contribution in [0, 0.1) is 13.8 Å². The second-order valence-corrected chi connectivity index (χ2v) is 6.69. The van der Waals surface area contributed by atoms with Crippen LogP contribution in [0.15, 0.2) is 10.9 Å². The van der Waals surface area contributed by atoms with Crippen LogP contribution < -0.4 is 10.9 Å². The van der Waals surface area contributed by atoms with Crippen molar-refractivity contribution < 1.29 is 14.7 Å². The molecule has 0 unspecified atom stereocenters. The largest absolute Gasteiger partial charge is 0.479 e. The average Bonchev–Trinajstić information content (AvgIpc) is 2.94. The Morgan fingerprint density at radius 2 is 2.00 bits per heavy atom. The smallest absolute Gasteiger partial charge is 0.331 e. The number of nitrogens with zero attached hydrogens (tertiary/aromatic N) is 2. The summed E-state index contributed by atoms with van der Waals surface area (Å²) in [4.78, 5) is 37.0. The number of H-pyrrole nitrogens is 1. The maximum absolute atomic E-state index is 12.7. The van der Waals surface area contributed by atoms with Crippen molar-refractivity contribution in [3.63, 3.8) is 0 Å². The Morgan fingerprint density at radius 3 is 2.62 bits per heavy atom. The number of aromatic nitrogens is 3. The monoisotopic (exact) mass is 358 g/mol. The van der Waals surface area contributed by atoms with Crippen molar-refractivity contribution in [2.75, 3.05) is 0 Å². The number of carbonyl (C=O) groups is 2. The van der Waals surface area contributed by atoms with Crippen LogP contribution in [-0.4, -0.2) is 31.7 Å². The number of carbonyl (C=O) groups excluding carboxylic acids is 1. The van der Waals surface area contributed by atoms with Gasteiger partial charge in [0, 0.05) is 24.0 Å². The predicted molar refractivity (Wildman–Crippen MR) is 94.2 cm³/mol. The van der Waals surface area contributed by atoms with Crippen LogP contribution in [0.1, 0.15) is 57.5 Å². The van der Waals surface area contributed by atoms with Crippen molar-refractivity contribution in [1.29, 1.82) is 0 Å². The number of hydrogen-bond acceptors (Lipinski definition) is 4. The molecule has 1 aliphatic rings. The van der Waals surface area contributed by atoms with Crippen molar-refractivity contribution in [2.45, 2.75) is 45.6 Å². The molecule has 2 heterocycles. The molecule has 1 aliphatic carbocycles. The number of aliphatic carboxylic acids is 1. The molecule has 0 fully saturated rings. The first kappa shape index (κ1) is 17.9. The summed E-state index contributed by atoms with van der Waals surface area (Å²) in [5, 5.41) is 18.7. The fourth-order valence-electron chi connectivity index (χ4n) is 3.60. The lowest BCUT2D eigenvalue weighted by Gasteiger charge is -2.21. The van der Waals surface area contributed by atoms with E-state index in [1.54, 1.807) is 27.0 Å². The van der Waals surface area contributed by atoms with E-state index in [4.69, 9.17) is 0 Å². The molecule has 0 saturated heterocycles. The molecule has 0 bridgehead atoms. The van der Waals surface area contributed by atoms with E-state index in [1.165, 1.54) is 4.57 Å². The van der Waals surface area contributed by atoms with Crippen LogP contribution in [-0.2, 0) is 24.7 Å². The zero-order valence-electron chi connectivity index (χ0n) is 15.0. The van der Waals surface area contributed by atoms with Gasteiger partial charge in [-0.2, -0.15) is 5.10 Å². The van der Waals surface area contributed by atoms with Gasteiger partial charge in [0.05, 0.1) is 5.69 Å². The Kier molecular flexibility index (Phi) is 4.67. The van der Waals surface area contributed by atoms with Crippen LogP contribution in [0.2, 0.25) is 0 Å². The highest BCUT2D eigenvalue weighted by Gasteiger charge is 2.29. The molecule has 3 N–H and O–H groups in total. The quantitative estimate of drug-likeness (QED) is 0.758. The van der Waals surface area contributed by atoms with Crippen molar-refractivity contribution in [2.24, 2.45) is 7.05 Å². The van der Waals surface area contributed by atoms with Gasteiger partial charge in [0.2, 0.25) is 0 Å². The highest BCUT2D eigenvalue weighted by molar-refractivity contribution is 5.96. The standard InChI is InChI=1S/C18H22N4O4/c1-9-14(10(2)21-20-9)15(18(25)26)19-16(23)12-8-11-6-4-5-7-13(11)22(3)17(12)24/h8,15H,4-7H2,1-3H3,(H,19,23)(H,20,21)(H,25,26)/t15-/m1/s1. The second kappa shape index (κ2) is 6.78. The summed E-state index contributed by atoms with van der Waals surface area (Å²) in [6.07, 6.45) is 3.66. The van der Waals surface area contributed by atoms with E-state index in [0.29, 0.717) is 17.0 Å². The molecule has 8 nitrogen and oxygen atoms in total. The molecule has 1 amide bonds. The van der Waals surface area contributed by atoms with Crippen LogP contribution >= 0.6 is 0 Å². The third-order valence-electron chi connectivity index (χ3n) is 4.98. The number of amides is 1. The summed E-state index contributed by atoms with van der Waals surface area (Å²) >= 11 is 0. The fourth-order valence-corrected chi connectivity index (χ4v) is 3.60. The van der Waals surface area contributed by atoms with E-state index in [0.717, 1.165) is 36.9 Å². The second-order valence-electron chi connectivity index (χ2n) is 6.69. The molecular formula is C18H22N4O4. The molecule has 3 rings (SSSR count). The molecule has 2 aromatic rings. The summed E-state index contributed by atoms with van der Waals surface area (Å²) < 4.78 is 1.51. The van der Waals surface area contributed by atoms with Gasteiger partial charge in [-0.1, -0.05) is 0 Å². The molecule has 0 spiro atoms. The van der Waals surface area contributed by atoms with Crippen LogP contribution in [0.25, 0.3) is 0 Å². The van der Waals surface area contributed by atoms with Gasteiger partial charge in [-0.15, -0.1) is 0 Å². The van der Waals surface area contributed by atoms with Gasteiger partial charge in [0.1, 0.15) is 5.56 Å². The Labute approximate surface area is 150 Å². The van der Waals surface area contributed by atoms with E-state index in [9.17, 15) is 19.5 Å². The van der Waals surface area contributed by atoms with Crippen LogP contribution in [0.5, 0.6) is 0 Å². The minimum Gasteiger partial charge on any atom is -0.479 e. The van der Waals surface area contributed by atoms with Gasteiger partial charge < -0.3 is 15.0 Å². The third kappa shape index (κ3) is 3.02. The third-order valence-corrected chi connectivity index (χ3v) is 4.98. The topological polar surface area (TPSA) is 117 Å². The van der Waals surface area contributed by atoms with Crippen molar-refractivity contribution in [3.05, 3.63) is 50.2 Å². The normalized spacial score (nSPS) is 14.6. The SMILES string of the molecule is Cc1n[nH]c(C)c1[C@@H](NC(=O)c1cc2c(n(C)c1=O)CCCC2)C(=O)O. The van der Waals surface area contributed by atoms with Crippen molar-refractivity contribution >= 4 is 11.9 Å². The summed E-state index contributed by atoms with van der Waals surface area (Å²) in [5.74, 6) is -1.90. The van der Waals surface area contributed by atoms with Gasteiger partial charge in [-0.3, -0.25) is 14.7 Å². The molecule has 0 aliphatic heterocycles. The van der Waals surface area contributed by atoms with Crippen molar-refractivity contribution in [3.8, 4) is 0 Å². The first-order chi connectivity index (χ1) is 12.3. The molecule has 0 aromatic carbocycles. The van der Waals surface area contributed by atoms with E-state index in [2.05, 4.69) is 15.5 Å². The maximum Gasteiger partial charge on any atom is 0.331 e. The van der Waals surface area contributed by atoms with Gasteiger partial charge in [0.25, 0.3) is 11.5 Å². The summed E-state index contributed by atoms with van der Waals surface area (Å²) in [6.45, 7) is 3.36. The lowest BCUT2D eigenvalue weighted by atomic mass is 9.94. The highest BCUT2D eigenvalue weighted by atomic mass is 16.4. The van der Waals surface area contributed by atoms with E-state index < -0.39 is 23.5 Å². The number of aromatic amines is 1. The molecule has 0 radical (unpaired) electrons. The molecule has 1 atom stereocenters. The van der Waals surface area contributed by atoms with Crippen LogP contribution in [0.3, 0.4) is 0 Å². The maximum atomic E-state index is 12.7. The molecule has 8 heteroatoms. The molecule has 2 aromatic heterocycles. The van der Waals surface area contributed by atoms with Gasteiger partial charge in [-0.25, -0.2) is 4.79 Å². The summed E-state index contributed by atoms with van der Waals surface area (Å²) in [7, 11) is 1.66. The Bertz CT molecular complexity index is 922. The Hall–Kier alpha value is -2.90. The van der Waals surface area contributed by atoms with Gasteiger partial charge >= 0.3 is 5.97 Å². The number of carboxylic acids is 1. The molecular weight excluding hydrogens is 336 g/mol. The fraction of sp³-hybridized carbons (Fsp3) is 0.444. The zero-order chi connectivity index (χ0) is 19.0. The lowest BCUT2D eigenvalue weighted by molar-refractivity contribution is -0.139. The molecule has 138 valence electrons. The number of carboxylic acid groups (broad SMARTS) is 1. The Balaban J connectivity index is 1.98. The van der Waals surface area contributed by atoms with Crippen LogP contribution in [0.4, 0.5) is 0 Å². The minimum absolute atomic E-state index is 0.0294. The van der Waals surface area contributed by atoms with E-state index >= 15 is 0 Å². The summed E-state index contributed by atoms with van der Waals surface area (Å²) in [6, 6.07) is 0.335. The summed E-state index contributed by atoms with van der Waals surface area (Å²) in [5.41, 5.74) is 2.95. The number of rotatable bonds is 4. The number of pyridine rings is 1. The zero-order valence-corrected chi connectivity index (χ0v) is 15.0. The van der Waals surface area contributed by atoms with E-state index in [1.807, 2.05) is 0 Å².